The maximum atomic E-state index is 9.19. The molecule has 1 aromatic carbocycles. The summed E-state index contributed by atoms with van der Waals surface area (Å²) in [7, 11) is -3.67. The van der Waals surface area contributed by atoms with E-state index in [9.17, 15) is 8.42 Å². The molecule has 0 aromatic heterocycles. The number of hydrogen-bond acceptors (Lipinski definition) is 3. The Morgan fingerprint density at radius 3 is 1.47 bits per heavy atom. The number of amidine groups is 1. The number of hydrogen-bond donors (Lipinski definition) is 3. The van der Waals surface area contributed by atoms with E-state index in [2.05, 4.69) is 0 Å². The van der Waals surface area contributed by atoms with Crippen LogP contribution in [0.25, 0.3) is 0 Å². The highest BCUT2D eigenvalue weighted by atomic mass is 32.2. The topological polar surface area (TPSA) is 262 Å². The van der Waals surface area contributed by atoms with Gasteiger partial charge in [-0.1, -0.05) is 30.3 Å². The maximum Gasteiger partial charge on any atom is 0.261 e. The van der Waals surface area contributed by atoms with Crippen molar-refractivity contribution < 1.29 is 40.4 Å². The third-order valence-electron chi connectivity index (χ3n) is 1.08. The van der Waals surface area contributed by atoms with Gasteiger partial charge in [-0.25, -0.2) is 0 Å². The van der Waals surface area contributed by atoms with Crippen molar-refractivity contribution in [3.8, 4) is 0 Å². The lowest BCUT2D eigenvalue weighted by Gasteiger charge is -1.93. The van der Waals surface area contributed by atoms with Gasteiger partial charge in [-0.05, 0) is 0 Å². The van der Waals surface area contributed by atoms with Gasteiger partial charge in [-0.3, -0.25) is 9.96 Å². The first-order chi connectivity index (χ1) is 6.30. The summed E-state index contributed by atoms with van der Waals surface area (Å²) in [5.74, 6) is 0.121. The normalized spacial score (nSPS) is 7.26. The van der Waals surface area contributed by atoms with Crippen LogP contribution >= 0.6 is 0 Å². The van der Waals surface area contributed by atoms with Crippen molar-refractivity contribution in [3.05, 3.63) is 35.9 Å². The first-order valence-electron chi connectivity index (χ1n) is 3.62. The molecule has 14 N–H and O–H groups in total. The molecule has 10 nitrogen and oxygen atoms in total. The predicted octanol–water partition coefficient (Wildman–Crippen LogP) is -3.65. The number of nitrogens with two attached hydrogens (primary N) is 1. The first-order valence-corrected chi connectivity index (χ1v) is 5.47. The second-order valence-electron chi connectivity index (χ2n) is 2.51. The van der Waals surface area contributed by atoms with Gasteiger partial charge in [-0.2, -0.15) is 8.42 Å². The van der Waals surface area contributed by atoms with E-state index in [1.54, 1.807) is 0 Å². The molecule has 19 heavy (non-hydrogen) atoms. The minimum atomic E-state index is -3.67. The number of nitrogens with one attached hydrogen (secondary N) is 1. The molecule has 0 aliphatic carbocycles. The Morgan fingerprint density at radius 2 is 1.32 bits per heavy atom. The molecule has 0 saturated carbocycles. The molecule has 0 saturated heterocycles. The Kier molecular flexibility index (Phi) is 31.1. The average Bonchev–Trinajstić information content (AvgIpc) is 2.03. The van der Waals surface area contributed by atoms with Crippen molar-refractivity contribution in [2.45, 2.75) is 0 Å². The molecule has 0 spiro atoms. The summed E-state index contributed by atoms with van der Waals surface area (Å²) >= 11 is 0. The predicted molar refractivity (Wildman–Crippen MR) is 73.0 cm³/mol. The molecule has 118 valence electrons. The van der Waals surface area contributed by atoms with Crippen molar-refractivity contribution in [3.63, 3.8) is 0 Å². The second kappa shape index (κ2) is 16.4. The third-order valence-corrected chi connectivity index (χ3v) is 1.08. The van der Waals surface area contributed by atoms with Gasteiger partial charge in [0.1, 0.15) is 5.84 Å². The van der Waals surface area contributed by atoms with Crippen molar-refractivity contribution >= 4 is 16.0 Å². The van der Waals surface area contributed by atoms with Crippen molar-refractivity contribution in [1.29, 1.82) is 5.41 Å². The number of nitrogen functional groups attached to an aromatic ring is 1. The zero-order valence-electron chi connectivity index (χ0n) is 10.1. The molecular formula is C8H22N2O8S. The van der Waals surface area contributed by atoms with E-state index in [4.69, 9.17) is 15.7 Å². The molecule has 1 rings (SSSR count). The fourth-order valence-corrected chi connectivity index (χ4v) is 0.618. The molecule has 0 radical (unpaired) electrons. The van der Waals surface area contributed by atoms with Gasteiger partial charge in [-0.15, -0.1) is 0 Å². The molecule has 0 atom stereocenters. The Labute approximate surface area is 110 Å². The van der Waals surface area contributed by atoms with E-state index in [-0.39, 0.29) is 33.2 Å². The Hall–Kier alpha value is -1.60. The van der Waals surface area contributed by atoms with Gasteiger partial charge in [0.15, 0.2) is 0 Å². The van der Waals surface area contributed by atoms with Crippen LogP contribution in [-0.4, -0.2) is 52.4 Å². The van der Waals surface area contributed by atoms with E-state index in [1.807, 2.05) is 30.3 Å². The highest BCUT2D eigenvalue weighted by Gasteiger charge is 1.89. The van der Waals surface area contributed by atoms with Gasteiger partial charge < -0.3 is 33.1 Å². The number of rotatable bonds is 1. The van der Waals surface area contributed by atoms with Gasteiger partial charge in [0.2, 0.25) is 0 Å². The SMILES string of the molecule is CS(=O)(=O)O.N=C(N)c1ccccc1.O.O.O.O.O. The van der Waals surface area contributed by atoms with Crippen molar-refractivity contribution in [2.75, 3.05) is 6.26 Å². The standard InChI is InChI=1S/C7H8N2.CH4O3S.5H2O/c8-7(9)6-4-2-1-3-5-6;1-5(2,3)4;;;;;/h1-5H,(H3,8,9);1H3,(H,2,3,4);5*1H2. The summed E-state index contributed by atoms with van der Waals surface area (Å²) < 4.78 is 25.9. The largest absolute Gasteiger partial charge is 0.412 e. The monoisotopic (exact) mass is 306 g/mol. The van der Waals surface area contributed by atoms with E-state index < -0.39 is 10.1 Å². The molecule has 1 aromatic rings. The van der Waals surface area contributed by atoms with Crippen LogP contribution in [0.15, 0.2) is 30.3 Å². The summed E-state index contributed by atoms with van der Waals surface area (Å²) in [4.78, 5) is 0. The molecule has 0 bridgehead atoms. The van der Waals surface area contributed by atoms with Crippen LogP contribution in [0.3, 0.4) is 0 Å². The zero-order valence-corrected chi connectivity index (χ0v) is 11.0. The highest BCUT2D eigenvalue weighted by molar-refractivity contribution is 7.85. The molecular weight excluding hydrogens is 284 g/mol. The highest BCUT2D eigenvalue weighted by Crippen LogP contribution is 1.94. The summed E-state index contributed by atoms with van der Waals surface area (Å²) in [5, 5.41) is 7.01. The summed E-state index contributed by atoms with van der Waals surface area (Å²) in [6, 6.07) is 9.23. The van der Waals surface area contributed by atoms with E-state index in [0.29, 0.717) is 6.26 Å². The van der Waals surface area contributed by atoms with Crippen LogP contribution in [0.1, 0.15) is 5.56 Å². The first kappa shape index (κ1) is 36.0. The Bertz CT molecular complexity index is 386. The molecule has 0 aliphatic rings. The Morgan fingerprint density at radius 1 is 1.05 bits per heavy atom. The van der Waals surface area contributed by atoms with E-state index >= 15 is 0 Å². The van der Waals surface area contributed by atoms with Crippen LogP contribution < -0.4 is 5.73 Å². The maximum absolute atomic E-state index is 9.19. The van der Waals surface area contributed by atoms with E-state index in [0.717, 1.165) is 5.56 Å². The lowest BCUT2D eigenvalue weighted by molar-refractivity contribution is 0.490. The van der Waals surface area contributed by atoms with Crippen LogP contribution in [0, 0.1) is 5.41 Å². The fourth-order valence-electron chi connectivity index (χ4n) is 0.618. The average molecular weight is 306 g/mol. The molecule has 11 heteroatoms. The van der Waals surface area contributed by atoms with Gasteiger partial charge in [0, 0.05) is 5.56 Å². The van der Waals surface area contributed by atoms with Crippen LogP contribution in [-0.2, 0) is 10.1 Å². The van der Waals surface area contributed by atoms with Gasteiger partial charge in [0.05, 0.1) is 6.26 Å². The van der Waals surface area contributed by atoms with Crippen LogP contribution in [0.5, 0.6) is 0 Å². The smallest absolute Gasteiger partial charge is 0.261 e. The summed E-state index contributed by atoms with van der Waals surface area (Å²) in [6.07, 6.45) is 0.715. The minimum Gasteiger partial charge on any atom is -0.412 e. The fraction of sp³-hybridized carbons (Fsp3) is 0.125. The van der Waals surface area contributed by atoms with E-state index in [1.165, 1.54) is 0 Å². The summed E-state index contributed by atoms with van der Waals surface area (Å²) in [5.41, 5.74) is 5.97. The molecule has 0 heterocycles. The second-order valence-corrected chi connectivity index (χ2v) is 3.98. The van der Waals surface area contributed by atoms with Crippen molar-refractivity contribution in [1.82, 2.24) is 0 Å². The lowest BCUT2D eigenvalue weighted by Crippen LogP contribution is -2.10. The molecule has 0 unspecified atom stereocenters. The van der Waals surface area contributed by atoms with Gasteiger partial charge in [0.25, 0.3) is 10.1 Å². The molecule has 0 aliphatic heterocycles. The van der Waals surface area contributed by atoms with Crippen LogP contribution in [0.4, 0.5) is 0 Å². The zero-order chi connectivity index (χ0) is 11.2. The Balaban J connectivity index is -0.0000000385. The van der Waals surface area contributed by atoms with Gasteiger partial charge >= 0.3 is 0 Å². The lowest BCUT2D eigenvalue weighted by atomic mass is 10.2. The number of benzene rings is 1. The molecule has 0 fully saturated rings. The third kappa shape index (κ3) is 31.4. The molecule has 0 amide bonds. The van der Waals surface area contributed by atoms with Crippen LogP contribution in [0.2, 0.25) is 0 Å². The minimum absolute atomic E-state index is 0. The summed E-state index contributed by atoms with van der Waals surface area (Å²) in [6.45, 7) is 0. The quantitative estimate of drug-likeness (QED) is 0.269. The van der Waals surface area contributed by atoms with Crippen molar-refractivity contribution in [2.24, 2.45) is 5.73 Å².